The van der Waals surface area contributed by atoms with Crippen molar-refractivity contribution in [2.24, 2.45) is 7.05 Å². The van der Waals surface area contributed by atoms with Gasteiger partial charge in [0, 0.05) is 30.9 Å². The molecule has 2 aromatic rings. The van der Waals surface area contributed by atoms with E-state index >= 15 is 0 Å². The lowest BCUT2D eigenvalue weighted by Crippen LogP contribution is -2.29. The number of carbonyl (C=O) groups excluding carboxylic acids is 1. The van der Waals surface area contributed by atoms with Crippen molar-refractivity contribution in [3.05, 3.63) is 34.5 Å². The molecule has 0 aromatic carbocycles. The number of aryl methyl sites for hydroxylation is 3. The summed E-state index contributed by atoms with van der Waals surface area (Å²) in [5.41, 5.74) is 2.98. The SMILES string of the molecule is CCc1nc2n(n1)[C@H](c1cn(C)nc1C)C(C(=O)OC)=C(C)N2. The second-order valence-electron chi connectivity index (χ2n) is 5.55. The van der Waals surface area contributed by atoms with E-state index in [1.54, 1.807) is 9.36 Å². The molecule has 0 radical (unpaired) electrons. The standard InChI is InChI=1S/C15H20N6O2/c1-6-11-17-15-16-9(3)12(14(22)23-5)13(21(15)19-11)10-7-20(4)18-8(10)2/h7,13H,6H2,1-5H3,(H,16,17,19)/t13-/m1/s1. The summed E-state index contributed by atoms with van der Waals surface area (Å²) < 4.78 is 8.45. The van der Waals surface area contributed by atoms with Crippen LogP contribution in [0.2, 0.25) is 0 Å². The van der Waals surface area contributed by atoms with Crippen molar-refractivity contribution in [1.29, 1.82) is 0 Å². The van der Waals surface area contributed by atoms with Crippen molar-refractivity contribution < 1.29 is 9.53 Å². The Balaban J connectivity index is 2.23. The van der Waals surface area contributed by atoms with E-state index in [2.05, 4.69) is 20.5 Å². The van der Waals surface area contributed by atoms with E-state index in [1.165, 1.54) is 7.11 Å². The number of carbonyl (C=O) groups is 1. The van der Waals surface area contributed by atoms with Crippen LogP contribution in [0.15, 0.2) is 17.5 Å². The normalized spacial score (nSPS) is 17.0. The van der Waals surface area contributed by atoms with E-state index in [9.17, 15) is 4.79 Å². The summed E-state index contributed by atoms with van der Waals surface area (Å²) in [5, 5.41) is 12.1. The molecule has 0 spiro atoms. The minimum Gasteiger partial charge on any atom is -0.466 e. The summed E-state index contributed by atoms with van der Waals surface area (Å²) in [6, 6.07) is -0.403. The molecule has 0 saturated carbocycles. The average Bonchev–Trinajstić information content (AvgIpc) is 3.07. The number of esters is 1. The van der Waals surface area contributed by atoms with Crippen molar-refractivity contribution in [2.75, 3.05) is 12.4 Å². The molecule has 1 aliphatic rings. The van der Waals surface area contributed by atoms with E-state index in [1.807, 2.05) is 34.0 Å². The van der Waals surface area contributed by atoms with Crippen LogP contribution in [0.25, 0.3) is 0 Å². The van der Waals surface area contributed by atoms with Crippen LogP contribution >= 0.6 is 0 Å². The fourth-order valence-electron chi connectivity index (χ4n) is 2.89. The van der Waals surface area contributed by atoms with Gasteiger partial charge in [0.2, 0.25) is 5.95 Å². The zero-order valence-electron chi connectivity index (χ0n) is 13.9. The molecular weight excluding hydrogens is 296 g/mol. The maximum Gasteiger partial charge on any atom is 0.338 e. The van der Waals surface area contributed by atoms with Gasteiger partial charge in [-0.05, 0) is 13.8 Å². The highest BCUT2D eigenvalue weighted by atomic mass is 16.5. The van der Waals surface area contributed by atoms with Crippen molar-refractivity contribution in [1.82, 2.24) is 24.5 Å². The van der Waals surface area contributed by atoms with Crippen LogP contribution in [0.1, 0.15) is 37.0 Å². The molecule has 0 fully saturated rings. The van der Waals surface area contributed by atoms with Gasteiger partial charge >= 0.3 is 5.97 Å². The molecule has 3 rings (SSSR count). The summed E-state index contributed by atoms with van der Waals surface area (Å²) in [7, 11) is 3.23. The molecule has 0 bridgehead atoms. The van der Waals surface area contributed by atoms with Gasteiger partial charge < -0.3 is 10.1 Å². The highest BCUT2D eigenvalue weighted by molar-refractivity contribution is 5.92. The minimum absolute atomic E-state index is 0.387. The van der Waals surface area contributed by atoms with E-state index in [0.717, 1.165) is 17.1 Å². The number of ether oxygens (including phenoxy) is 1. The lowest BCUT2D eigenvalue weighted by molar-refractivity contribution is -0.136. The molecule has 122 valence electrons. The lowest BCUT2D eigenvalue weighted by atomic mass is 9.96. The van der Waals surface area contributed by atoms with Crippen molar-refractivity contribution >= 4 is 11.9 Å². The number of nitrogens with zero attached hydrogens (tertiary/aromatic N) is 5. The molecule has 0 saturated heterocycles. The smallest absolute Gasteiger partial charge is 0.338 e. The molecular formula is C15H20N6O2. The second-order valence-corrected chi connectivity index (χ2v) is 5.55. The van der Waals surface area contributed by atoms with Crippen molar-refractivity contribution in [3.63, 3.8) is 0 Å². The van der Waals surface area contributed by atoms with E-state index in [0.29, 0.717) is 23.6 Å². The van der Waals surface area contributed by atoms with Crippen molar-refractivity contribution in [2.45, 2.75) is 33.2 Å². The Morgan fingerprint density at radius 1 is 1.39 bits per heavy atom. The van der Waals surface area contributed by atoms with Gasteiger partial charge in [0.25, 0.3) is 0 Å². The van der Waals surface area contributed by atoms with Gasteiger partial charge in [-0.1, -0.05) is 6.92 Å². The molecule has 8 nitrogen and oxygen atoms in total. The monoisotopic (exact) mass is 316 g/mol. The molecule has 0 aliphatic carbocycles. The zero-order chi connectivity index (χ0) is 16.7. The minimum atomic E-state index is -0.403. The Morgan fingerprint density at radius 2 is 2.13 bits per heavy atom. The molecule has 3 heterocycles. The number of aromatic nitrogens is 5. The number of allylic oxidation sites excluding steroid dienone is 1. The number of rotatable bonds is 3. The summed E-state index contributed by atoms with van der Waals surface area (Å²) in [6.45, 7) is 5.75. The second kappa shape index (κ2) is 5.53. The molecule has 1 atom stereocenters. The zero-order valence-corrected chi connectivity index (χ0v) is 13.9. The molecule has 0 amide bonds. The van der Waals surface area contributed by atoms with Gasteiger partial charge in [-0.15, -0.1) is 0 Å². The summed E-state index contributed by atoms with van der Waals surface area (Å²) in [6.07, 6.45) is 2.62. The highest BCUT2D eigenvalue weighted by Crippen LogP contribution is 2.36. The third kappa shape index (κ3) is 2.39. The van der Waals surface area contributed by atoms with Crippen LogP contribution < -0.4 is 5.32 Å². The highest BCUT2D eigenvalue weighted by Gasteiger charge is 2.36. The number of methoxy groups -OCH3 is 1. The first-order valence-corrected chi connectivity index (χ1v) is 7.47. The predicted octanol–water partition coefficient (Wildman–Crippen LogP) is 1.34. The van der Waals surface area contributed by atoms with Crippen LogP contribution in [0.4, 0.5) is 5.95 Å². The Bertz CT molecular complexity index is 801. The largest absolute Gasteiger partial charge is 0.466 e. The lowest BCUT2D eigenvalue weighted by Gasteiger charge is -2.27. The molecule has 1 N–H and O–H groups in total. The molecule has 23 heavy (non-hydrogen) atoms. The summed E-state index contributed by atoms with van der Waals surface area (Å²) in [5.74, 6) is 0.959. The average molecular weight is 316 g/mol. The van der Waals surface area contributed by atoms with Crippen LogP contribution in [-0.2, 0) is 23.0 Å². The number of nitrogens with one attached hydrogen (secondary N) is 1. The molecule has 0 unspecified atom stereocenters. The summed E-state index contributed by atoms with van der Waals surface area (Å²) in [4.78, 5) is 16.8. The fourth-order valence-corrected chi connectivity index (χ4v) is 2.89. The van der Waals surface area contributed by atoms with Crippen LogP contribution in [0, 0.1) is 6.92 Å². The van der Waals surface area contributed by atoms with Crippen LogP contribution in [-0.4, -0.2) is 37.6 Å². The fraction of sp³-hybridized carbons (Fsp3) is 0.467. The van der Waals surface area contributed by atoms with Gasteiger partial charge in [0.1, 0.15) is 6.04 Å². The van der Waals surface area contributed by atoms with Gasteiger partial charge in [0.05, 0.1) is 18.4 Å². The quantitative estimate of drug-likeness (QED) is 0.860. The predicted molar refractivity (Wildman–Crippen MR) is 83.8 cm³/mol. The number of fused-ring (bicyclic) bond motifs is 1. The van der Waals surface area contributed by atoms with Crippen molar-refractivity contribution in [3.8, 4) is 0 Å². The maximum absolute atomic E-state index is 12.4. The Labute approximate surface area is 134 Å². The van der Waals surface area contributed by atoms with Gasteiger partial charge in [0.15, 0.2) is 5.82 Å². The topological polar surface area (TPSA) is 86.9 Å². The summed E-state index contributed by atoms with van der Waals surface area (Å²) >= 11 is 0. The molecule has 8 heteroatoms. The molecule has 2 aromatic heterocycles. The first kappa shape index (κ1) is 15.3. The van der Waals surface area contributed by atoms with E-state index < -0.39 is 6.04 Å². The third-order valence-electron chi connectivity index (χ3n) is 3.96. The van der Waals surface area contributed by atoms with Crippen LogP contribution in [0.3, 0.4) is 0 Å². The van der Waals surface area contributed by atoms with Crippen LogP contribution in [0.5, 0.6) is 0 Å². The van der Waals surface area contributed by atoms with E-state index in [-0.39, 0.29) is 5.97 Å². The Hall–Kier alpha value is -2.64. The maximum atomic E-state index is 12.4. The van der Waals surface area contributed by atoms with Gasteiger partial charge in [-0.3, -0.25) is 4.68 Å². The van der Waals surface area contributed by atoms with E-state index in [4.69, 9.17) is 4.74 Å². The molecule has 1 aliphatic heterocycles. The Morgan fingerprint density at radius 3 is 2.70 bits per heavy atom. The van der Waals surface area contributed by atoms with Gasteiger partial charge in [-0.2, -0.15) is 15.2 Å². The van der Waals surface area contributed by atoms with Gasteiger partial charge in [-0.25, -0.2) is 9.48 Å². The number of hydrogen-bond donors (Lipinski definition) is 1. The number of anilines is 1. The third-order valence-corrected chi connectivity index (χ3v) is 3.96. The number of hydrogen-bond acceptors (Lipinski definition) is 6. The first-order chi connectivity index (χ1) is 11.0. The Kier molecular flexibility index (Phi) is 3.67. The first-order valence-electron chi connectivity index (χ1n) is 7.47.